The van der Waals surface area contributed by atoms with E-state index < -0.39 is 5.97 Å². The van der Waals surface area contributed by atoms with Crippen LogP contribution in [0.2, 0.25) is 5.02 Å². The molecule has 0 radical (unpaired) electrons. The van der Waals surface area contributed by atoms with Crippen molar-refractivity contribution >= 4 is 40.6 Å². The first-order valence-corrected chi connectivity index (χ1v) is 9.46. The Hall–Kier alpha value is -2.11. The molecule has 0 aliphatic heterocycles. The maximum atomic E-state index is 11.7. The summed E-state index contributed by atoms with van der Waals surface area (Å²) in [6.45, 7) is 8.60. The first-order valence-electron chi connectivity index (χ1n) is 8.67. The molecule has 0 unspecified atom stereocenters. The lowest BCUT2D eigenvalue weighted by molar-refractivity contribution is 0.0601. The van der Waals surface area contributed by atoms with Crippen LogP contribution in [0.5, 0.6) is 0 Å². The minimum atomic E-state index is -0.430. The molecule has 0 aliphatic rings. The largest absolute Gasteiger partial charge is 0.465 e. The van der Waals surface area contributed by atoms with Crippen molar-refractivity contribution in [2.45, 2.75) is 39.2 Å². The fourth-order valence-corrected chi connectivity index (χ4v) is 3.03. The summed E-state index contributed by atoms with van der Waals surface area (Å²) in [4.78, 5) is 11.7. The topological polar surface area (TPSA) is 50.4 Å². The van der Waals surface area contributed by atoms with Gasteiger partial charge < -0.3 is 15.4 Å². The molecule has 6 heteroatoms. The van der Waals surface area contributed by atoms with E-state index in [1.54, 1.807) is 18.2 Å². The zero-order valence-electron chi connectivity index (χ0n) is 16.2. The van der Waals surface area contributed by atoms with Crippen LogP contribution in [0.4, 0.5) is 5.69 Å². The molecule has 2 aromatic rings. The second kappa shape index (κ2) is 8.72. The van der Waals surface area contributed by atoms with Crippen LogP contribution in [0.3, 0.4) is 0 Å². The summed E-state index contributed by atoms with van der Waals surface area (Å²) in [5, 5.41) is 7.17. The summed E-state index contributed by atoms with van der Waals surface area (Å²) < 4.78 is 4.73. The number of hydrogen-bond acceptors (Lipinski definition) is 3. The van der Waals surface area contributed by atoms with Crippen molar-refractivity contribution in [3.05, 3.63) is 64.2 Å². The van der Waals surface area contributed by atoms with Gasteiger partial charge in [0.15, 0.2) is 5.11 Å². The molecule has 0 aliphatic carbocycles. The fourth-order valence-electron chi connectivity index (χ4n) is 2.58. The molecule has 2 N–H and O–H groups in total. The average Bonchev–Trinajstić information content (AvgIpc) is 2.62. The third kappa shape index (κ3) is 5.68. The summed E-state index contributed by atoms with van der Waals surface area (Å²) in [6.07, 6.45) is 0. The van der Waals surface area contributed by atoms with Crippen molar-refractivity contribution in [3.8, 4) is 0 Å². The van der Waals surface area contributed by atoms with Gasteiger partial charge in [-0.25, -0.2) is 4.79 Å². The third-order valence-electron chi connectivity index (χ3n) is 4.26. The molecule has 0 saturated heterocycles. The number of methoxy groups -OCH3 is 1. The Bertz CT molecular complexity index is 829. The number of carbonyl (C=O) groups excluding carboxylic acids is 1. The summed E-state index contributed by atoms with van der Waals surface area (Å²) in [5.74, 6) is -0.430. The molecule has 1 atom stereocenters. The van der Waals surface area contributed by atoms with Gasteiger partial charge in [-0.15, -0.1) is 0 Å². The van der Waals surface area contributed by atoms with Crippen LogP contribution >= 0.6 is 23.8 Å². The number of carbonyl (C=O) groups is 1. The Morgan fingerprint density at radius 2 is 1.78 bits per heavy atom. The quantitative estimate of drug-likeness (QED) is 0.522. The average molecular weight is 405 g/mol. The molecule has 2 aromatic carbocycles. The molecule has 4 nitrogen and oxygen atoms in total. The van der Waals surface area contributed by atoms with Crippen molar-refractivity contribution < 1.29 is 9.53 Å². The molecule has 27 heavy (non-hydrogen) atoms. The van der Waals surface area contributed by atoms with Gasteiger partial charge >= 0.3 is 5.97 Å². The lowest BCUT2D eigenvalue weighted by atomic mass is 9.86. The van der Waals surface area contributed by atoms with Gasteiger partial charge in [0.05, 0.1) is 29.4 Å². The second-order valence-electron chi connectivity index (χ2n) is 7.38. The van der Waals surface area contributed by atoms with E-state index in [-0.39, 0.29) is 11.5 Å². The van der Waals surface area contributed by atoms with E-state index in [0.717, 1.165) is 5.56 Å². The third-order valence-corrected chi connectivity index (χ3v) is 4.81. The van der Waals surface area contributed by atoms with Gasteiger partial charge in [-0.1, -0.05) is 56.6 Å². The van der Waals surface area contributed by atoms with Crippen molar-refractivity contribution in [1.82, 2.24) is 5.32 Å². The maximum Gasteiger partial charge on any atom is 0.337 e. The number of hydrogen-bond donors (Lipinski definition) is 2. The van der Waals surface area contributed by atoms with Crippen LogP contribution in [0.15, 0.2) is 42.5 Å². The van der Waals surface area contributed by atoms with E-state index in [1.165, 1.54) is 12.7 Å². The number of thiocarbonyl (C=S) groups is 1. The predicted molar refractivity (Wildman–Crippen MR) is 116 cm³/mol. The van der Waals surface area contributed by atoms with Gasteiger partial charge in [0.1, 0.15) is 0 Å². The van der Waals surface area contributed by atoms with Crippen LogP contribution in [0, 0.1) is 0 Å². The van der Waals surface area contributed by atoms with Gasteiger partial charge in [0.2, 0.25) is 0 Å². The number of ether oxygens (including phenoxy) is 1. The molecule has 0 heterocycles. The molecule has 0 aromatic heterocycles. The summed E-state index contributed by atoms with van der Waals surface area (Å²) in [7, 11) is 1.34. The van der Waals surface area contributed by atoms with Crippen molar-refractivity contribution in [2.24, 2.45) is 0 Å². The molecular formula is C21H25ClN2O2S. The van der Waals surface area contributed by atoms with Gasteiger partial charge in [-0.05, 0) is 53.9 Å². The Morgan fingerprint density at radius 3 is 2.33 bits per heavy atom. The van der Waals surface area contributed by atoms with Crippen molar-refractivity contribution in [3.63, 3.8) is 0 Å². The normalized spacial score (nSPS) is 12.2. The van der Waals surface area contributed by atoms with E-state index in [4.69, 9.17) is 28.6 Å². The maximum absolute atomic E-state index is 11.7. The molecule has 0 fully saturated rings. The number of halogens is 1. The number of rotatable bonds is 4. The number of nitrogens with one attached hydrogen (secondary N) is 2. The summed E-state index contributed by atoms with van der Waals surface area (Å²) in [5.41, 5.74) is 3.48. The zero-order valence-corrected chi connectivity index (χ0v) is 17.8. The van der Waals surface area contributed by atoms with E-state index >= 15 is 0 Å². The standard InChI is InChI=1S/C21H25ClN2O2S/c1-13(14-6-9-16(10-7-14)21(2,3)4)23-20(27)24-18-12-15(19(25)26-5)8-11-17(18)22/h6-13H,1-5H3,(H2,23,24,27)/t13-/m1/s1. The van der Waals surface area contributed by atoms with Crippen LogP contribution in [-0.2, 0) is 10.2 Å². The number of benzene rings is 2. The lowest BCUT2D eigenvalue weighted by Crippen LogP contribution is -2.31. The highest BCUT2D eigenvalue weighted by atomic mass is 35.5. The summed E-state index contributed by atoms with van der Waals surface area (Å²) in [6, 6.07) is 13.4. The van der Waals surface area contributed by atoms with Crippen LogP contribution in [0.25, 0.3) is 0 Å². The fraction of sp³-hybridized carbons (Fsp3) is 0.333. The minimum absolute atomic E-state index is 0.0154. The predicted octanol–water partition coefficient (Wildman–Crippen LogP) is 5.47. The first kappa shape index (κ1) is 21.2. The van der Waals surface area contributed by atoms with Crippen LogP contribution in [-0.4, -0.2) is 18.2 Å². The zero-order chi connectivity index (χ0) is 20.2. The van der Waals surface area contributed by atoms with Crippen molar-refractivity contribution in [2.75, 3.05) is 12.4 Å². The SMILES string of the molecule is COC(=O)c1ccc(Cl)c(NC(=S)N[C@H](C)c2ccc(C(C)(C)C)cc2)c1. The molecule has 144 valence electrons. The second-order valence-corrected chi connectivity index (χ2v) is 8.19. The molecule has 0 spiro atoms. The molecule has 0 bridgehead atoms. The highest BCUT2D eigenvalue weighted by Gasteiger charge is 2.15. The van der Waals surface area contributed by atoms with Gasteiger partial charge in [-0.3, -0.25) is 0 Å². The Kier molecular flexibility index (Phi) is 6.84. The number of esters is 1. The summed E-state index contributed by atoms with van der Waals surface area (Å²) >= 11 is 11.6. The number of anilines is 1. The Balaban J connectivity index is 2.06. The van der Waals surface area contributed by atoms with E-state index in [1.807, 2.05) is 6.92 Å². The van der Waals surface area contributed by atoms with Gasteiger partial charge in [-0.2, -0.15) is 0 Å². The van der Waals surface area contributed by atoms with Crippen LogP contribution in [0.1, 0.15) is 55.2 Å². The highest BCUT2D eigenvalue weighted by molar-refractivity contribution is 7.80. The van der Waals surface area contributed by atoms with Crippen molar-refractivity contribution in [1.29, 1.82) is 0 Å². The van der Waals surface area contributed by atoms with E-state index in [9.17, 15) is 4.79 Å². The van der Waals surface area contributed by atoms with Crippen LogP contribution < -0.4 is 10.6 Å². The van der Waals surface area contributed by atoms with Gasteiger partial charge in [0, 0.05) is 0 Å². The van der Waals surface area contributed by atoms with Gasteiger partial charge in [0.25, 0.3) is 0 Å². The minimum Gasteiger partial charge on any atom is -0.465 e. The molecular weight excluding hydrogens is 380 g/mol. The van der Waals surface area contributed by atoms with E-state index in [2.05, 4.69) is 55.7 Å². The lowest BCUT2D eigenvalue weighted by Gasteiger charge is -2.21. The Morgan fingerprint density at radius 1 is 1.15 bits per heavy atom. The smallest absolute Gasteiger partial charge is 0.337 e. The Labute approximate surface area is 171 Å². The first-order chi connectivity index (χ1) is 12.6. The highest BCUT2D eigenvalue weighted by Crippen LogP contribution is 2.25. The molecule has 2 rings (SSSR count). The van der Waals surface area contributed by atoms with E-state index in [0.29, 0.717) is 21.4 Å². The molecule has 0 saturated carbocycles. The molecule has 0 amide bonds. The monoisotopic (exact) mass is 404 g/mol.